The van der Waals surface area contributed by atoms with Gasteiger partial charge in [0, 0.05) is 24.0 Å². The SMILES string of the molecule is CC(=O)N1CN2C3(CCNCC3)CN3C(=O)CN(S(=O)(=O)c4ccc5cc(Cl)ccc5c4)CC32C1. The highest BCUT2D eigenvalue weighted by Crippen LogP contribution is 2.48. The van der Waals surface area contributed by atoms with Crippen LogP contribution < -0.4 is 5.32 Å². The van der Waals surface area contributed by atoms with Gasteiger partial charge in [-0.2, -0.15) is 4.31 Å². The van der Waals surface area contributed by atoms with Crippen molar-refractivity contribution in [1.82, 2.24) is 24.3 Å². The molecule has 1 unspecified atom stereocenters. The van der Waals surface area contributed by atoms with Gasteiger partial charge < -0.3 is 15.1 Å². The van der Waals surface area contributed by atoms with E-state index in [4.69, 9.17) is 11.6 Å². The molecule has 0 radical (unpaired) electrons. The Morgan fingerprint density at radius 2 is 1.74 bits per heavy atom. The third kappa shape index (κ3) is 3.41. The van der Waals surface area contributed by atoms with Gasteiger partial charge in [0.15, 0.2) is 0 Å². The molecule has 1 N–H and O–H groups in total. The highest BCUT2D eigenvalue weighted by Gasteiger charge is 2.67. The zero-order chi connectivity index (χ0) is 24.6. The summed E-state index contributed by atoms with van der Waals surface area (Å²) in [5.74, 6) is -0.281. The Hall–Kier alpha value is -2.24. The minimum Gasteiger partial charge on any atom is -0.326 e. The Morgan fingerprint density at radius 3 is 2.49 bits per heavy atom. The van der Waals surface area contributed by atoms with Gasteiger partial charge >= 0.3 is 0 Å². The maximum absolute atomic E-state index is 13.8. The lowest BCUT2D eigenvalue weighted by Crippen LogP contribution is -2.68. The Bertz CT molecular complexity index is 1340. The second kappa shape index (κ2) is 7.88. The van der Waals surface area contributed by atoms with Gasteiger partial charge in [-0.05, 0) is 61.0 Å². The summed E-state index contributed by atoms with van der Waals surface area (Å²) in [5, 5.41) is 5.58. The predicted molar refractivity (Wildman–Crippen MR) is 131 cm³/mol. The fraction of sp³-hybridized carbons (Fsp3) is 0.500. The van der Waals surface area contributed by atoms with E-state index >= 15 is 0 Å². The molecule has 0 aromatic heterocycles. The molecule has 4 heterocycles. The van der Waals surface area contributed by atoms with Crippen LogP contribution in [0.3, 0.4) is 0 Å². The summed E-state index contributed by atoms with van der Waals surface area (Å²) < 4.78 is 28.9. The van der Waals surface area contributed by atoms with Gasteiger partial charge in [0.25, 0.3) is 0 Å². The molecule has 4 fully saturated rings. The van der Waals surface area contributed by atoms with Gasteiger partial charge in [-0.1, -0.05) is 23.7 Å². The summed E-state index contributed by atoms with van der Waals surface area (Å²) in [6.07, 6.45) is 1.70. The number of nitrogens with zero attached hydrogens (tertiary/aromatic N) is 4. The molecule has 35 heavy (non-hydrogen) atoms. The minimum absolute atomic E-state index is 0.0709. The van der Waals surface area contributed by atoms with Gasteiger partial charge in [0.05, 0.1) is 31.2 Å². The zero-order valence-electron chi connectivity index (χ0n) is 19.5. The number of carbonyl (C=O) groups excluding carboxylic acids is 2. The van der Waals surface area contributed by atoms with Crippen LogP contribution in [-0.2, 0) is 19.6 Å². The highest BCUT2D eigenvalue weighted by atomic mass is 35.5. The Balaban J connectivity index is 1.40. The monoisotopic (exact) mass is 517 g/mol. The first kappa shape index (κ1) is 23.2. The van der Waals surface area contributed by atoms with Crippen molar-refractivity contribution in [3.63, 3.8) is 0 Å². The van der Waals surface area contributed by atoms with E-state index in [1.165, 1.54) is 11.2 Å². The van der Waals surface area contributed by atoms with Crippen LogP contribution in [0.5, 0.6) is 0 Å². The smallest absolute Gasteiger partial charge is 0.243 e. The number of amides is 2. The van der Waals surface area contributed by atoms with Crippen molar-refractivity contribution in [1.29, 1.82) is 0 Å². The zero-order valence-corrected chi connectivity index (χ0v) is 21.1. The quantitative estimate of drug-likeness (QED) is 0.645. The topological polar surface area (TPSA) is 93.3 Å². The van der Waals surface area contributed by atoms with Crippen LogP contribution in [0, 0.1) is 0 Å². The van der Waals surface area contributed by atoms with Gasteiger partial charge in [-0.25, -0.2) is 8.42 Å². The number of sulfonamides is 1. The molecule has 0 saturated carbocycles. The lowest BCUT2D eigenvalue weighted by Gasteiger charge is -2.47. The number of piperazine rings is 1. The third-order valence-electron chi connectivity index (χ3n) is 8.22. The van der Waals surface area contributed by atoms with E-state index in [9.17, 15) is 18.0 Å². The predicted octanol–water partition coefficient (Wildman–Crippen LogP) is 1.28. The van der Waals surface area contributed by atoms with Crippen molar-refractivity contribution < 1.29 is 18.0 Å². The van der Waals surface area contributed by atoms with E-state index in [1.807, 2.05) is 4.90 Å². The van der Waals surface area contributed by atoms with E-state index in [0.29, 0.717) is 24.8 Å². The number of hydrogen-bond donors (Lipinski definition) is 1. The molecule has 6 rings (SSSR count). The molecule has 2 spiro atoms. The second-order valence-corrected chi connectivity index (χ2v) is 12.5. The third-order valence-corrected chi connectivity index (χ3v) is 10.2. The summed E-state index contributed by atoms with van der Waals surface area (Å²) >= 11 is 6.08. The molecule has 4 aliphatic rings. The first-order valence-corrected chi connectivity index (χ1v) is 13.7. The van der Waals surface area contributed by atoms with Gasteiger partial charge in [-0.3, -0.25) is 14.5 Å². The van der Waals surface area contributed by atoms with E-state index in [-0.39, 0.29) is 35.3 Å². The van der Waals surface area contributed by atoms with Crippen LogP contribution in [0.25, 0.3) is 10.8 Å². The summed E-state index contributed by atoms with van der Waals surface area (Å²) in [6.45, 7) is 4.41. The minimum atomic E-state index is -3.95. The Morgan fingerprint density at radius 1 is 1.03 bits per heavy atom. The first-order chi connectivity index (χ1) is 16.6. The van der Waals surface area contributed by atoms with Crippen molar-refractivity contribution in [2.24, 2.45) is 0 Å². The Kier molecular flexibility index (Phi) is 5.22. The molecule has 2 aromatic rings. The fourth-order valence-electron chi connectivity index (χ4n) is 6.41. The number of halogens is 1. The number of nitrogens with one attached hydrogen (secondary N) is 1. The molecule has 0 bridgehead atoms. The van der Waals surface area contributed by atoms with Crippen LogP contribution in [0.1, 0.15) is 19.8 Å². The summed E-state index contributed by atoms with van der Waals surface area (Å²) in [4.78, 5) is 31.9. The number of fused-ring (bicyclic) bond motifs is 2. The van der Waals surface area contributed by atoms with Gasteiger partial charge in [-0.15, -0.1) is 0 Å². The fourth-order valence-corrected chi connectivity index (χ4v) is 8.07. The van der Waals surface area contributed by atoms with E-state index in [2.05, 4.69) is 10.2 Å². The number of benzene rings is 2. The normalized spacial score (nSPS) is 27.0. The van der Waals surface area contributed by atoms with Crippen LogP contribution >= 0.6 is 11.6 Å². The number of rotatable bonds is 2. The van der Waals surface area contributed by atoms with Crippen LogP contribution in [0.15, 0.2) is 41.3 Å². The largest absolute Gasteiger partial charge is 0.326 e. The molecule has 4 saturated heterocycles. The Labute approximate surface area is 209 Å². The van der Waals surface area contributed by atoms with Crippen molar-refractivity contribution >= 4 is 44.2 Å². The van der Waals surface area contributed by atoms with Crippen molar-refractivity contribution in [2.75, 3.05) is 45.9 Å². The average Bonchev–Trinajstić information content (AvgIpc) is 3.33. The maximum Gasteiger partial charge on any atom is 0.243 e. The number of hydrogen-bond acceptors (Lipinski definition) is 6. The van der Waals surface area contributed by atoms with Crippen molar-refractivity contribution in [3.05, 3.63) is 41.4 Å². The summed E-state index contributed by atoms with van der Waals surface area (Å²) in [7, 11) is -3.95. The molecule has 4 aliphatic heterocycles. The lowest BCUT2D eigenvalue weighted by atomic mass is 9.87. The van der Waals surface area contributed by atoms with Crippen molar-refractivity contribution in [3.8, 4) is 0 Å². The molecule has 1 atom stereocenters. The van der Waals surface area contributed by atoms with Crippen molar-refractivity contribution in [2.45, 2.75) is 35.9 Å². The van der Waals surface area contributed by atoms with Gasteiger partial charge in [0.1, 0.15) is 5.66 Å². The molecule has 9 nitrogen and oxygen atoms in total. The number of carbonyl (C=O) groups is 2. The van der Waals surface area contributed by atoms with Crippen LogP contribution in [-0.4, -0.2) is 96.4 Å². The maximum atomic E-state index is 13.8. The second-order valence-electron chi connectivity index (χ2n) is 10.1. The molecule has 0 aliphatic carbocycles. The van der Waals surface area contributed by atoms with E-state index < -0.39 is 15.7 Å². The van der Waals surface area contributed by atoms with E-state index in [1.54, 1.807) is 41.3 Å². The highest BCUT2D eigenvalue weighted by molar-refractivity contribution is 7.89. The summed E-state index contributed by atoms with van der Waals surface area (Å²) in [6, 6.07) is 10.2. The van der Waals surface area contributed by atoms with Crippen LogP contribution in [0.2, 0.25) is 5.02 Å². The lowest BCUT2D eigenvalue weighted by molar-refractivity contribution is -0.144. The molecular weight excluding hydrogens is 490 g/mol. The van der Waals surface area contributed by atoms with E-state index in [0.717, 1.165) is 36.7 Å². The van der Waals surface area contributed by atoms with Crippen LogP contribution in [0.4, 0.5) is 0 Å². The number of piperidine rings is 1. The summed E-state index contributed by atoms with van der Waals surface area (Å²) in [5.41, 5.74) is -1.11. The van der Waals surface area contributed by atoms with Gasteiger partial charge in [0.2, 0.25) is 21.8 Å². The molecule has 2 aromatic carbocycles. The standard InChI is InChI=1S/C24H28ClN5O4S/c1-17(31)27-14-24-15-28(35(33,34)21-5-3-18-10-20(25)4-2-19(18)11-21)12-22(32)29(24)13-23(30(24)16-27)6-8-26-9-7-23/h2-5,10-11,26H,6-9,12-16H2,1H3. The molecule has 11 heteroatoms. The first-order valence-electron chi connectivity index (χ1n) is 11.9. The molecule has 186 valence electrons. The average molecular weight is 518 g/mol. The molecule has 2 amide bonds. The molecular formula is C24H28ClN5O4S.